The van der Waals surface area contributed by atoms with Crippen LogP contribution in [0, 0.1) is 6.92 Å². The Morgan fingerprint density at radius 3 is 2.54 bits per heavy atom. The molecule has 1 rings (SSSR count). The van der Waals surface area contributed by atoms with Gasteiger partial charge >= 0.3 is 17.8 Å². The average molecular weight is 185 g/mol. The van der Waals surface area contributed by atoms with Crippen LogP contribution in [0.1, 0.15) is 26.9 Å². The third-order valence-corrected chi connectivity index (χ3v) is 1.35. The normalized spacial score (nSPS) is 9.69. The molecule has 0 aromatic carbocycles. The van der Waals surface area contributed by atoms with Crippen molar-refractivity contribution in [3.8, 4) is 0 Å². The van der Waals surface area contributed by atoms with Crippen molar-refractivity contribution in [1.82, 2.24) is 4.98 Å². The number of carboxylic acid groups (broad SMARTS) is 1. The van der Waals surface area contributed by atoms with Gasteiger partial charge in [-0.05, 0) is 6.92 Å². The first-order chi connectivity index (χ1) is 6.06. The predicted octanol–water partition coefficient (Wildman–Crippen LogP) is 0.468. The second-order valence-electron chi connectivity index (χ2n) is 2.23. The van der Waals surface area contributed by atoms with E-state index in [0.717, 1.165) is 0 Å². The highest BCUT2D eigenvalue weighted by atomic mass is 16.5. The van der Waals surface area contributed by atoms with Crippen LogP contribution in [-0.2, 0) is 4.74 Å². The average Bonchev–Trinajstić information content (AvgIpc) is 2.46. The van der Waals surface area contributed by atoms with Crippen LogP contribution in [0.5, 0.6) is 0 Å². The summed E-state index contributed by atoms with van der Waals surface area (Å²) in [5.74, 6) is -2.76. The van der Waals surface area contributed by atoms with Crippen molar-refractivity contribution in [3.05, 3.63) is 17.3 Å². The monoisotopic (exact) mass is 185 g/mol. The van der Waals surface area contributed by atoms with Crippen LogP contribution in [0.4, 0.5) is 0 Å². The van der Waals surface area contributed by atoms with Gasteiger partial charge in [0.2, 0.25) is 5.76 Å². The van der Waals surface area contributed by atoms with Gasteiger partial charge in [-0.25, -0.2) is 14.6 Å². The maximum Gasteiger partial charge on any atom is 0.392 e. The van der Waals surface area contributed by atoms with E-state index < -0.39 is 17.8 Å². The molecule has 0 atom stereocenters. The molecule has 70 valence electrons. The maximum absolute atomic E-state index is 10.9. The van der Waals surface area contributed by atoms with Crippen LogP contribution in [0.3, 0.4) is 0 Å². The van der Waals surface area contributed by atoms with Crippen molar-refractivity contribution in [2.45, 2.75) is 6.92 Å². The molecule has 0 aliphatic heterocycles. The molecule has 1 aromatic rings. The van der Waals surface area contributed by atoms with Gasteiger partial charge in [-0.2, -0.15) is 0 Å². The molecule has 0 bridgehead atoms. The van der Waals surface area contributed by atoms with Crippen molar-refractivity contribution >= 4 is 11.9 Å². The van der Waals surface area contributed by atoms with E-state index in [4.69, 9.17) is 5.11 Å². The predicted molar refractivity (Wildman–Crippen MR) is 39.5 cm³/mol. The zero-order chi connectivity index (χ0) is 10.0. The number of carbonyl (C=O) groups is 2. The molecule has 6 heteroatoms. The van der Waals surface area contributed by atoms with Gasteiger partial charge in [0, 0.05) is 0 Å². The molecule has 0 radical (unpaired) electrons. The van der Waals surface area contributed by atoms with E-state index >= 15 is 0 Å². The number of ether oxygens (including phenoxy) is 1. The minimum Gasteiger partial charge on any atom is -0.474 e. The fourth-order valence-corrected chi connectivity index (χ4v) is 0.770. The van der Waals surface area contributed by atoms with Crippen LogP contribution in [-0.4, -0.2) is 29.1 Å². The summed E-state index contributed by atoms with van der Waals surface area (Å²) in [6, 6.07) is 0. The summed E-state index contributed by atoms with van der Waals surface area (Å²) < 4.78 is 8.99. The molecule has 6 nitrogen and oxygen atoms in total. The third kappa shape index (κ3) is 1.66. The van der Waals surface area contributed by atoms with Crippen molar-refractivity contribution in [2.75, 3.05) is 7.11 Å². The van der Waals surface area contributed by atoms with Crippen LogP contribution < -0.4 is 0 Å². The first-order valence-electron chi connectivity index (χ1n) is 3.35. The van der Waals surface area contributed by atoms with Crippen molar-refractivity contribution in [2.24, 2.45) is 0 Å². The van der Waals surface area contributed by atoms with E-state index in [9.17, 15) is 9.59 Å². The first-order valence-corrected chi connectivity index (χ1v) is 3.35. The highest BCUT2D eigenvalue weighted by Gasteiger charge is 2.20. The molecule has 0 aliphatic rings. The minimum atomic E-state index is -1.32. The number of aryl methyl sites for hydroxylation is 1. The Hall–Kier alpha value is -1.85. The maximum atomic E-state index is 10.9. The number of rotatable bonds is 2. The highest BCUT2D eigenvalue weighted by Crippen LogP contribution is 2.10. The fourth-order valence-electron chi connectivity index (χ4n) is 0.770. The minimum absolute atomic E-state index is 0.181. The number of hydrogen-bond donors (Lipinski definition) is 1. The van der Waals surface area contributed by atoms with Gasteiger partial charge in [0.25, 0.3) is 0 Å². The number of aromatic carboxylic acids is 1. The lowest BCUT2D eigenvalue weighted by molar-refractivity contribution is 0.0553. The molecule has 0 spiro atoms. The molecule has 0 saturated heterocycles. The zero-order valence-corrected chi connectivity index (χ0v) is 7.03. The van der Waals surface area contributed by atoms with E-state index in [1.807, 2.05) is 0 Å². The molecule has 1 aromatic heterocycles. The van der Waals surface area contributed by atoms with Gasteiger partial charge in [0.1, 0.15) is 0 Å². The standard InChI is InChI=1S/C7H7NO5/c1-3-4(7(11)12-2)13-5(8-3)6(9)10/h1-2H3,(H,9,10). The van der Waals surface area contributed by atoms with E-state index in [2.05, 4.69) is 14.1 Å². The molecule has 1 heterocycles. The SMILES string of the molecule is COC(=O)c1oc(C(=O)O)nc1C. The summed E-state index contributed by atoms with van der Waals surface area (Å²) in [6.07, 6.45) is 0. The first kappa shape index (κ1) is 9.24. The number of aromatic nitrogens is 1. The second-order valence-corrected chi connectivity index (χ2v) is 2.23. The molecule has 0 fully saturated rings. The van der Waals surface area contributed by atoms with Crippen molar-refractivity contribution in [3.63, 3.8) is 0 Å². The molecule has 0 unspecified atom stereocenters. The Morgan fingerprint density at radius 1 is 1.54 bits per heavy atom. The zero-order valence-electron chi connectivity index (χ0n) is 7.03. The van der Waals surface area contributed by atoms with E-state index in [1.165, 1.54) is 14.0 Å². The van der Waals surface area contributed by atoms with Crippen LogP contribution in [0.25, 0.3) is 0 Å². The number of oxazole rings is 1. The lowest BCUT2D eigenvalue weighted by Gasteiger charge is -1.92. The van der Waals surface area contributed by atoms with Gasteiger partial charge in [-0.15, -0.1) is 0 Å². The van der Waals surface area contributed by atoms with E-state index in [-0.39, 0.29) is 11.5 Å². The summed E-state index contributed by atoms with van der Waals surface area (Å²) in [5, 5.41) is 8.47. The molecule has 0 amide bonds. The summed E-state index contributed by atoms with van der Waals surface area (Å²) >= 11 is 0. The molecule has 13 heavy (non-hydrogen) atoms. The molecular formula is C7H7NO5. The van der Waals surface area contributed by atoms with Crippen LogP contribution >= 0.6 is 0 Å². The lowest BCUT2D eigenvalue weighted by Crippen LogP contribution is -2.01. The number of hydrogen-bond acceptors (Lipinski definition) is 5. The third-order valence-electron chi connectivity index (χ3n) is 1.35. The van der Waals surface area contributed by atoms with Gasteiger partial charge in [-0.1, -0.05) is 0 Å². The Morgan fingerprint density at radius 2 is 2.15 bits per heavy atom. The topological polar surface area (TPSA) is 89.6 Å². The van der Waals surface area contributed by atoms with Crippen LogP contribution in [0.15, 0.2) is 4.42 Å². The quantitative estimate of drug-likeness (QED) is 0.673. The smallest absolute Gasteiger partial charge is 0.392 e. The van der Waals surface area contributed by atoms with Crippen molar-refractivity contribution < 1.29 is 23.8 Å². The summed E-state index contributed by atoms with van der Waals surface area (Å²) in [4.78, 5) is 24.8. The number of esters is 1. The van der Waals surface area contributed by atoms with Gasteiger partial charge < -0.3 is 14.3 Å². The molecule has 1 N–H and O–H groups in total. The summed E-state index contributed by atoms with van der Waals surface area (Å²) in [7, 11) is 1.17. The van der Waals surface area contributed by atoms with Gasteiger partial charge in [0.05, 0.1) is 12.8 Å². The molecule has 0 aliphatic carbocycles. The second kappa shape index (κ2) is 3.26. The number of nitrogens with zero attached hydrogens (tertiary/aromatic N) is 1. The number of carbonyl (C=O) groups excluding carboxylic acids is 1. The Kier molecular flexibility index (Phi) is 2.32. The number of carboxylic acids is 1. The Labute approximate surface area is 73.1 Å². The molecule has 0 saturated carbocycles. The highest BCUT2D eigenvalue weighted by molar-refractivity contribution is 5.89. The summed E-state index contributed by atoms with van der Waals surface area (Å²) in [6.45, 7) is 1.46. The fraction of sp³-hybridized carbons (Fsp3) is 0.286. The van der Waals surface area contributed by atoms with E-state index in [1.54, 1.807) is 0 Å². The Balaban J connectivity index is 3.10. The summed E-state index contributed by atoms with van der Waals surface area (Å²) in [5.41, 5.74) is 0.198. The molecular weight excluding hydrogens is 178 g/mol. The largest absolute Gasteiger partial charge is 0.474 e. The Bertz CT molecular complexity index is 354. The van der Waals surface area contributed by atoms with Crippen molar-refractivity contribution in [1.29, 1.82) is 0 Å². The van der Waals surface area contributed by atoms with Crippen LogP contribution in [0.2, 0.25) is 0 Å². The lowest BCUT2D eigenvalue weighted by atomic mass is 10.4. The van der Waals surface area contributed by atoms with Gasteiger partial charge in [0.15, 0.2) is 0 Å². The number of methoxy groups -OCH3 is 1. The van der Waals surface area contributed by atoms with E-state index in [0.29, 0.717) is 0 Å². The van der Waals surface area contributed by atoms with Gasteiger partial charge in [-0.3, -0.25) is 0 Å².